The predicted molar refractivity (Wildman–Crippen MR) is 37.9 cm³/mol. The lowest BCUT2D eigenvalue weighted by molar-refractivity contribution is -1.36. The number of nitrogens with zero attached hydrogens (tertiary/aromatic N) is 1. The zero-order valence-corrected chi connectivity index (χ0v) is 7.24. The Hall–Kier alpha value is -0.200. The summed E-state index contributed by atoms with van der Waals surface area (Å²) in [4.78, 5) is 14.4. The van der Waals surface area contributed by atoms with Gasteiger partial charge in [-0.1, -0.05) is 0 Å². The molecule has 0 fully saturated rings. The summed E-state index contributed by atoms with van der Waals surface area (Å²) in [5.41, 5.74) is 0. The molecule has 0 unspecified atom stereocenters. The fourth-order valence-corrected chi connectivity index (χ4v) is 0.762. The molecule has 0 heterocycles. The van der Waals surface area contributed by atoms with E-state index in [2.05, 4.69) is 0 Å². The van der Waals surface area contributed by atoms with E-state index in [9.17, 15) is 0 Å². The van der Waals surface area contributed by atoms with Gasteiger partial charge in [-0.3, -0.25) is 0 Å². The van der Waals surface area contributed by atoms with Crippen molar-refractivity contribution in [2.45, 2.75) is 6.42 Å². The lowest BCUT2D eigenvalue weighted by Gasteiger charge is -2.24. The van der Waals surface area contributed by atoms with Crippen molar-refractivity contribution in [3.8, 4) is 0 Å². The van der Waals surface area contributed by atoms with E-state index in [1.165, 1.54) is 21.3 Å². The zero-order valence-electron chi connectivity index (χ0n) is 7.24. The number of hydrogen-bond donors (Lipinski definition) is 1. The molecule has 0 amide bonds. The molecular weight excluding hydrogens is 150 g/mol. The molecule has 1 N–H and O–H groups in total. The summed E-state index contributed by atoms with van der Waals surface area (Å²) in [7, 11) is 4.43. The van der Waals surface area contributed by atoms with Crippen LogP contribution in [0.15, 0.2) is 0 Å². The minimum Gasteiger partial charge on any atom is -0.396 e. The molecule has 0 saturated carbocycles. The van der Waals surface area contributed by atoms with Crippen LogP contribution in [0.2, 0.25) is 0 Å². The molecule has 5 heteroatoms. The molecular formula is C6H16NO4+. The number of hydrogen-bond acceptors (Lipinski definition) is 4. The summed E-state index contributed by atoms with van der Waals surface area (Å²) < 4.78 is 0. The van der Waals surface area contributed by atoms with Crippen LogP contribution >= 0.6 is 0 Å². The third-order valence-electron chi connectivity index (χ3n) is 1.42. The van der Waals surface area contributed by atoms with Gasteiger partial charge in [0, 0.05) is 13.0 Å². The average Bonchev–Trinajstić information content (AvgIpc) is 2.08. The quantitative estimate of drug-likeness (QED) is 0.441. The van der Waals surface area contributed by atoms with Crippen molar-refractivity contribution < 1.29 is 24.6 Å². The minimum absolute atomic E-state index is 0.0933. The zero-order chi connectivity index (χ0) is 8.74. The summed E-state index contributed by atoms with van der Waals surface area (Å²) in [6.07, 6.45) is 0.565. The maximum atomic E-state index is 8.54. The Bertz CT molecular complexity index is 86.3. The van der Waals surface area contributed by atoms with Crippen molar-refractivity contribution in [1.29, 1.82) is 0 Å². The highest BCUT2D eigenvalue weighted by Gasteiger charge is 2.29. The van der Waals surface area contributed by atoms with Gasteiger partial charge in [-0.25, -0.2) is 0 Å². The first kappa shape index (κ1) is 10.8. The van der Waals surface area contributed by atoms with Crippen LogP contribution in [0.3, 0.4) is 0 Å². The van der Waals surface area contributed by atoms with Crippen LogP contribution in [0.4, 0.5) is 0 Å². The molecule has 0 aromatic rings. The SMILES string of the molecule is CO[N+](CCCO)(OC)OC. The fraction of sp³-hybridized carbons (Fsp3) is 1.00. The Labute approximate surface area is 66.5 Å². The van der Waals surface area contributed by atoms with Gasteiger partial charge in [-0.2, -0.15) is 0 Å². The fourth-order valence-electron chi connectivity index (χ4n) is 0.762. The van der Waals surface area contributed by atoms with E-state index in [1.54, 1.807) is 0 Å². The summed E-state index contributed by atoms with van der Waals surface area (Å²) in [6, 6.07) is 0. The van der Waals surface area contributed by atoms with Gasteiger partial charge in [0.05, 0.1) is 4.97 Å². The van der Waals surface area contributed by atoms with E-state index in [0.717, 1.165) is 0 Å². The Kier molecular flexibility index (Phi) is 5.35. The van der Waals surface area contributed by atoms with Crippen LogP contribution in [0.25, 0.3) is 0 Å². The normalized spacial score (nSPS) is 12.0. The molecule has 0 bridgehead atoms. The topological polar surface area (TPSA) is 47.9 Å². The molecule has 0 spiro atoms. The van der Waals surface area contributed by atoms with Crippen LogP contribution in [-0.2, 0) is 14.5 Å². The summed E-state index contributed by atoms with van der Waals surface area (Å²) in [5, 5.41) is 8.54. The second-order valence-electron chi connectivity index (χ2n) is 1.96. The molecule has 0 aromatic carbocycles. The highest BCUT2D eigenvalue weighted by Crippen LogP contribution is 2.08. The summed E-state index contributed by atoms with van der Waals surface area (Å²) in [6.45, 7) is 0.552. The first-order valence-corrected chi connectivity index (χ1v) is 3.40. The number of hydroxylamine groups is 3. The Balaban J connectivity index is 3.84. The van der Waals surface area contributed by atoms with Crippen molar-refractivity contribution in [2.75, 3.05) is 34.5 Å². The van der Waals surface area contributed by atoms with Gasteiger partial charge in [0.2, 0.25) is 0 Å². The van der Waals surface area contributed by atoms with E-state index >= 15 is 0 Å². The summed E-state index contributed by atoms with van der Waals surface area (Å²) in [5.74, 6) is 0. The van der Waals surface area contributed by atoms with Gasteiger partial charge >= 0.3 is 0 Å². The molecule has 0 radical (unpaired) electrons. The third kappa shape index (κ3) is 3.13. The van der Waals surface area contributed by atoms with Crippen LogP contribution in [0.5, 0.6) is 0 Å². The van der Waals surface area contributed by atoms with E-state index in [4.69, 9.17) is 19.6 Å². The van der Waals surface area contributed by atoms with Crippen LogP contribution in [0, 0.1) is 0 Å². The van der Waals surface area contributed by atoms with Gasteiger partial charge in [0.25, 0.3) is 0 Å². The predicted octanol–water partition coefficient (Wildman–Crippen LogP) is -0.130. The smallest absolute Gasteiger partial charge is 0.180 e. The molecule has 0 atom stereocenters. The maximum absolute atomic E-state index is 8.54. The van der Waals surface area contributed by atoms with Gasteiger partial charge in [-0.05, 0) is 0 Å². The van der Waals surface area contributed by atoms with Crippen LogP contribution in [-0.4, -0.2) is 44.6 Å². The van der Waals surface area contributed by atoms with Crippen LogP contribution in [0.1, 0.15) is 6.42 Å². The molecule has 5 nitrogen and oxygen atoms in total. The second kappa shape index (κ2) is 5.45. The average molecular weight is 166 g/mol. The monoisotopic (exact) mass is 166 g/mol. The number of aliphatic hydroxyl groups excluding tert-OH is 1. The molecule has 11 heavy (non-hydrogen) atoms. The third-order valence-corrected chi connectivity index (χ3v) is 1.42. The lowest BCUT2D eigenvalue weighted by atomic mass is 10.5. The first-order valence-electron chi connectivity index (χ1n) is 3.40. The Morgan fingerprint density at radius 3 is 1.82 bits per heavy atom. The van der Waals surface area contributed by atoms with Crippen molar-refractivity contribution in [3.05, 3.63) is 0 Å². The number of rotatable bonds is 6. The summed E-state index contributed by atoms with van der Waals surface area (Å²) >= 11 is 0. The Morgan fingerprint density at radius 2 is 1.55 bits per heavy atom. The van der Waals surface area contributed by atoms with E-state index in [1.807, 2.05) is 0 Å². The maximum Gasteiger partial charge on any atom is 0.180 e. The largest absolute Gasteiger partial charge is 0.396 e. The van der Waals surface area contributed by atoms with Crippen molar-refractivity contribution in [3.63, 3.8) is 0 Å². The number of quaternary nitrogens is 1. The highest BCUT2D eigenvalue weighted by molar-refractivity contribution is 4.24. The Morgan fingerprint density at radius 1 is 1.09 bits per heavy atom. The lowest BCUT2D eigenvalue weighted by Crippen LogP contribution is -2.45. The molecule has 0 rings (SSSR count). The molecule has 0 aromatic heterocycles. The van der Waals surface area contributed by atoms with Crippen molar-refractivity contribution in [2.24, 2.45) is 0 Å². The van der Waals surface area contributed by atoms with Crippen molar-refractivity contribution in [1.82, 2.24) is 0 Å². The van der Waals surface area contributed by atoms with Gasteiger partial charge in [0.15, 0.2) is 6.54 Å². The first-order chi connectivity index (χ1) is 5.24. The van der Waals surface area contributed by atoms with Gasteiger partial charge in [0.1, 0.15) is 21.3 Å². The standard InChI is InChI=1S/C6H16NO4/c1-9-7(10-2,11-3)5-4-6-8/h8H,4-6H2,1-3H3/q+1. The molecule has 0 aliphatic rings. The van der Waals surface area contributed by atoms with Gasteiger partial charge in [-0.15, -0.1) is 14.5 Å². The van der Waals surface area contributed by atoms with Crippen molar-refractivity contribution >= 4 is 0 Å². The van der Waals surface area contributed by atoms with Gasteiger partial charge < -0.3 is 5.11 Å². The molecule has 0 aliphatic carbocycles. The number of aliphatic hydroxyl groups is 1. The molecule has 68 valence electrons. The highest BCUT2D eigenvalue weighted by atomic mass is 17.2. The van der Waals surface area contributed by atoms with E-state index < -0.39 is 0 Å². The molecule has 0 aliphatic heterocycles. The second-order valence-corrected chi connectivity index (χ2v) is 1.96. The van der Waals surface area contributed by atoms with Crippen LogP contribution < -0.4 is 0 Å². The minimum atomic E-state index is -0.347. The van der Waals surface area contributed by atoms with E-state index in [-0.39, 0.29) is 11.6 Å². The molecule has 0 saturated heterocycles. The van der Waals surface area contributed by atoms with E-state index in [0.29, 0.717) is 13.0 Å².